The van der Waals surface area contributed by atoms with E-state index in [1.54, 1.807) is 18.2 Å². The summed E-state index contributed by atoms with van der Waals surface area (Å²) in [6.45, 7) is 1.93. The first-order valence-electron chi connectivity index (χ1n) is 5.01. The minimum absolute atomic E-state index is 0.0758. The summed E-state index contributed by atoms with van der Waals surface area (Å²) in [5.41, 5.74) is 0.375. The van der Waals surface area contributed by atoms with Gasteiger partial charge in [0.05, 0.1) is 0 Å². The number of halogens is 1. The summed E-state index contributed by atoms with van der Waals surface area (Å²) in [5.74, 6) is -0.958. The molecule has 0 radical (unpaired) electrons. The average Bonchev–Trinajstić information content (AvgIpc) is 2.77. The maximum absolute atomic E-state index is 13.5. The van der Waals surface area contributed by atoms with Crippen molar-refractivity contribution in [3.8, 4) is 0 Å². The Bertz CT molecular complexity index is 402. The van der Waals surface area contributed by atoms with Crippen LogP contribution in [0.4, 0.5) is 4.39 Å². The molecule has 1 aliphatic rings. The Morgan fingerprint density at radius 2 is 2.27 bits per heavy atom. The summed E-state index contributed by atoms with van der Waals surface area (Å²) < 4.78 is 13.5. The fraction of sp³-hybridized carbons (Fsp3) is 0.417. The van der Waals surface area contributed by atoms with Crippen molar-refractivity contribution in [2.24, 2.45) is 5.92 Å². The molecular formula is C12H13FO2. The zero-order chi connectivity index (χ0) is 11.1. The number of rotatable bonds is 3. The Morgan fingerprint density at radius 3 is 2.87 bits per heavy atom. The SMILES string of the molecule is CC1(c2ccccc2F)CC1CC(=O)O. The first-order chi connectivity index (χ1) is 7.04. The van der Waals surface area contributed by atoms with E-state index in [1.165, 1.54) is 6.07 Å². The van der Waals surface area contributed by atoms with Gasteiger partial charge in [0.1, 0.15) is 5.82 Å². The number of benzene rings is 1. The summed E-state index contributed by atoms with van der Waals surface area (Å²) in [7, 11) is 0. The van der Waals surface area contributed by atoms with Crippen LogP contribution in [0.3, 0.4) is 0 Å². The lowest BCUT2D eigenvalue weighted by molar-refractivity contribution is -0.137. The molecule has 80 valence electrons. The van der Waals surface area contributed by atoms with Crippen molar-refractivity contribution in [2.45, 2.75) is 25.2 Å². The molecule has 2 rings (SSSR count). The maximum Gasteiger partial charge on any atom is 0.303 e. The molecule has 1 saturated carbocycles. The Balaban J connectivity index is 2.20. The normalized spacial score (nSPS) is 28.8. The van der Waals surface area contributed by atoms with Crippen LogP contribution < -0.4 is 0 Å². The third-order valence-electron chi connectivity index (χ3n) is 3.32. The largest absolute Gasteiger partial charge is 0.481 e. The Kier molecular flexibility index (Phi) is 2.25. The summed E-state index contributed by atoms with van der Waals surface area (Å²) in [5, 5.41) is 8.68. The minimum Gasteiger partial charge on any atom is -0.481 e. The molecule has 0 amide bonds. The van der Waals surface area contributed by atoms with Gasteiger partial charge in [-0.1, -0.05) is 25.1 Å². The predicted octanol–water partition coefficient (Wildman–Crippen LogP) is 2.58. The van der Waals surface area contributed by atoms with Crippen molar-refractivity contribution >= 4 is 5.97 Å². The van der Waals surface area contributed by atoms with E-state index in [4.69, 9.17) is 5.11 Å². The van der Waals surface area contributed by atoms with Crippen molar-refractivity contribution in [3.63, 3.8) is 0 Å². The second-order valence-corrected chi connectivity index (χ2v) is 4.40. The van der Waals surface area contributed by atoms with Gasteiger partial charge in [0.2, 0.25) is 0 Å². The number of hydrogen-bond acceptors (Lipinski definition) is 1. The van der Waals surface area contributed by atoms with Crippen LogP contribution in [0.5, 0.6) is 0 Å². The Morgan fingerprint density at radius 1 is 1.60 bits per heavy atom. The van der Waals surface area contributed by atoms with Crippen LogP contribution in [0.1, 0.15) is 25.3 Å². The lowest BCUT2D eigenvalue weighted by atomic mass is 9.94. The second-order valence-electron chi connectivity index (χ2n) is 4.40. The lowest BCUT2D eigenvalue weighted by Gasteiger charge is -2.11. The molecule has 1 aliphatic carbocycles. The first-order valence-corrected chi connectivity index (χ1v) is 5.01. The molecule has 2 unspecified atom stereocenters. The molecule has 1 fully saturated rings. The summed E-state index contributed by atoms with van der Waals surface area (Å²) >= 11 is 0. The van der Waals surface area contributed by atoms with E-state index in [9.17, 15) is 9.18 Å². The highest BCUT2D eigenvalue weighted by atomic mass is 19.1. The smallest absolute Gasteiger partial charge is 0.303 e. The number of carboxylic acids is 1. The van der Waals surface area contributed by atoms with E-state index in [-0.39, 0.29) is 23.6 Å². The fourth-order valence-corrected chi connectivity index (χ4v) is 2.22. The van der Waals surface area contributed by atoms with Gasteiger partial charge in [-0.05, 0) is 29.4 Å². The topological polar surface area (TPSA) is 37.3 Å². The molecule has 2 nitrogen and oxygen atoms in total. The van der Waals surface area contributed by atoms with Gasteiger partial charge < -0.3 is 5.11 Å². The molecule has 15 heavy (non-hydrogen) atoms. The first kappa shape index (κ1) is 10.1. The highest BCUT2D eigenvalue weighted by Crippen LogP contribution is 2.56. The van der Waals surface area contributed by atoms with Gasteiger partial charge in [-0.15, -0.1) is 0 Å². The number of carboxylic acid groups (broad SMARTS) is 1. The average molecular weight is 208 g/mol. The third-order valence-corrected chi connectivity index (χ3v) is 3.32. The van der Waals surface area contributed by atoms with E-state index >= 15 is 0 Å². The summed E-state index contributed by atoms with van der Waals surface area (Å²) in [6, 6.07) is 6.62. The Hall–Kier alpha value is -1.38. The van der Waals surface area contributed by atoms with E-state index in [1.807, 2.05) is 6.92 Å². The zero-order valence-electron chi connectivity index (χ0n) is 8.53. The number of carbonyl (C=O) groups is 1. The van der Waals surface area contributed by atoms with Crippen molar-refractivity contribution in [3.05, 3.63) is 35.6 Å². The summed E-state index contributed by atoms with van der Waals surface area (Å²) in [4.78, 5) is 10.6. The van der Waals surface area contributed by atoms with Crippen LogP contribution in [0.15, 0.2) is 24.3 Å². The summed E-state index contributed by atoms with van der Waals surface area (Å²) in [6.07, 6.45) is 0.894. The van der Waals surface area contributed by atoms with Gasteiger partial charge in [-0.3, -0.25) is 4.79 Å². The van der Waals surface area contributed by atoms with Crippen LogP contribution in [0.2, 0.25) is 0 Å². The maximum atomic E-state index is 13.5. The number of hydrogen-bond donors (Lipinski definition) is 1. The molecule has 0 saturated heterocycles. The molecule has 0 spiro atoms. The third kappa shape index (κ3) is 1.74. The molecule has 1 N–H and O–H groups in total. The highest BCUT2D eigenvalue weighted by molar-refractivity contribution is 5.68. The molecule has 3 heteroatoms. The van der Waals surface area contributed by atoms with Crippen LogP contribution in [-0.2, 0) is 10.2 Å². The van der Waals surface area contributed by atoms with E-state index in [2.05, 4.69) is 0 Å². The molecule has 1 aromatic rings. The second kappa shape index (κ2) is 3.33. The monoisotopic (exact) mass is 208 g/mol. The van der Waals surface area contributed by atoms with Gasteiger partial charge in [0.25, 0.3) is 0 Å². The van der Waals surface area contributed by atoms with E-state index in [0.29, 0.717) is 5.56 Å². The molecule has 0 aliphatic heterocycles. The Labute approximate surface area is 87.7 Å². The van der Waals surface area contributed by atoms with E-state index < -0.39 is 5.97 Å². The molecule has 0 heterocycles. The van der Waals surface area contributed by atoms with Crippen molar-refractivity contribution < 1.29 is 14.3 Å². The zero-order valence-corrected chi connectivity index (χ0v) is 8.53. The van der Waals surface area contributed by atoms with Crippen LogP contribution in [0, 0.1) is 11.7 Å². The standard InChI is InChI=1S/C12H13FO2/c1-12(7-8(12)6-11(14)15)9-4-2-3-5-10(9)13/h2-5,8H,6-7H2,1H3,(H,14,15). The molecule has 0 aromatic heterocycles. The van der Waals surface area contributed by atoms with Crippen molar-refractivity contribution in [1.29, 1.82) is 0 Å². The number of aliphatic carboxylic acids is 1. The molecular weight excluding hydrogens is 195 g/mol. The molecule has 0 bridgehead atoms. The lowest BCUT2D eigenvalue weighted by Crippen LogP contribution is -2.09. The van der Waals surface area contributed by atoms with Crippen LogP contribution in [-0.4, -0.2) is 11.1 Å². The fourth-order valence-electron chi connectivity index (χ4n) is 2.22. The van der Waals surface area contributed by atoms with Gasteiger partial charge >= 0.3 is 5.97 Å². The van der Waals surface area contributed by atoms with Gasteiger partial charge in [0, 0.05) is 6.42 Å². The van der Waals surface area contributed by atoms with Gasteiger partial charge in [-0.25, -0.2) is 4.39 Å². The van der Waals surface area contributed by atoms with Crippen LogP contribution in [0.25, 0.3) is 0 Å². The quantitative estimate of drug-likeness (QED) is 0.828. The molecule has 2 atom stereocenters. The van der Waals surface area contributed by atoms with Gasteiger partial charge in [-0.2, -0.15) is 0 Å². The predicted molar refractivity (Wildman–Crippen MR) is 54.1 cm³/mol. The van der Waals surface area contributed by atoms with Crippen molar-refractivity contribution in [1.82, 2.24) is 0 Å². The minimum atomic E-state index is -0.805. The highest BCUT2D eigenvalue weighted by Gasteiger charge is 2.52. The van der Waals surface area contributed by atoms with Crippen LogP contribution >= 0.6 is 0 Å². The molecule has 1 aromatic carbocycles. The van der Waals surface area contributed by atoms with E-state index in [0.717, 1.165) is 6.42 Å². The van der Waals surface area contributed by atoms with Gasteiger partial charge in [0.15, 0.2) is 0 Å². The van der Waals surface area contributed by atoms with Crippen molar-refractivity contribution in [2.75, 3.05) is 0 Å².